The normalized spacial score (nSPS) is 21.7. The molecule has 1 amide bonds. The molecule has 2 aromatic rings. The Morgan fingerprint density at radius 1 is 1.22 bits per heavy atom. The van der Waals surface area contributed by atoms with Gasteiger partial charge in [-0.25, -0.2) is 0 Å². The second kappa shape index (κ2) is 8.82. The zero-order chi connectivity index (χ0) is 23.7. The van der Waals surface area contributed by atoms with Gasteiger partial charge < -0.3 is 16.4 Å². The number of halogens is 3. The van der Waals surface area contributed by atoms with E-state index >= 15 is 0 Å². The minimum Gasteiger partial charge on any atom is -0.365 e. The Hall–Kier alpha value is -3.06. The van der Waals surface area contributed by atoms with Crippen molar-refractivity contribution in [3.8, 4) is 6.07 Å². The van der Waals surface area contributed by atoms with Crippen LogP contribution in [0.15, 0.2) is 30.5 Å². The first-order chi connectivity index (χ1) is 14.9. The molecule has 10 heteroatoms. The standard InChI is InChI=1S/C22H27F3N6O/c1-21(2,3)29-16-8-9-18(13(10-16)11-26)31-12-17(19(27)32)20(30-31)28-15-6-4-14(5-7-15)22(23,24)25/h4-7,12-13,16,18,29H,8-10H2,1-3H3,(H2,27,32)(H,28,30)/t13-,16+,18?/m1/s1. The lowest BCUT2D eigenvalue weighted by molar-refractivity contribution is -0.137. The Balaban J connectivity index is 1.81. The number of nitriles is 1. The summed E-state index contributed by atoms with van der Waals surface area (Å²) in [5.41, 5.74) is 5.09. The van der Waals surface area contributed by atoms with Gasteiger partial charge in [-0.05, 0) is 64.3 Å². The number of rotatable bonds is 5. The first-order valence-electron chi connectivity index (χ1n) is 10.4. The van der Waals surface area contributed by atoms with Gasteiger partial charge in [-0.1, -0.05) is 0 Å². The van der Waals surface area contributed by atoms with Gasteiger partial charge in [0.05, 0.1) is 23.6 Å². The van der Waals surface area contributed by atoms with Crippen molar-refractivity contribution < 1.29 is 18.0 Å². The highest BCUT2D eigenvalue weighted by molar-refractivity contribution is 5.98. The molecule has 0 radical (unpaired) electrons. The van der Waals surface area contributed by atoms with E-state index in [1.807, 2.05) is 0 Å². The Kier molecular flexibility index (Phi) is 6.51. The van der Waals surface area contributed by atoms with Crippen molar-refractivity contribution in [2.45, 2.75) is 63.8 Å². The lowest BCUT2D eigenvalue weighted by Gasteiger charge is -2.36. The van der Waals surface area contributed by atoms with Gasteiger partial charge in [0, 0.05) is 23.5 Å². The molecule has 0 bridgehead atoms. The summed E-state index contributed by atoms with van der Waals surface area (Å²) in [6, 6.07) is 6.72. The van der Waals surface area contributed by atoms with Crippen molar-refractivity contribution in [3.63, 3.8) is 0 Å². The summed E-state index contributed by atoms with van der Waals surface area (Å²) < 4.78 is 39.9. The number of aromatic nitrogens is 2. The Labute approximate surface area is 184 Å². The summed E-state index contributed by atoms with van der Waals surface area (Å²) in [6.45, 7) is 6.23. The third-order valence-corrected chi connectivity index (χ3v) is 5.43. The van der Waals surface area contributed by atoms with Crippen LogP contribution in [0.3, 0.4) is 0 Å². The second-order valence-electron chi connectivity index (χ2n) is 9.14. The highest BCUT2D eigenvalue weighted by atomic mass is 19.4. The van der Waals surface area contributed by atoms with Crippen LogP contribution in [0, 0.1) is 17.2 Å². The summed E-state index contributed by atoms with van der Waals surface area (Å²) in [5.74, 6) is -0.894. The monoisotopic (exact) mass is 448 g/mol. The minimum atomic E-state index is -4.44. The van der Waals surface area contributed by atoms with Crippen LogP contribution in [0.5, 0.6) is 0 Å². The molecular weight excluding hydrogens is 421 g/mol. The third kappa shape index (κ3) is 5.59. The van der Waals surface area contributed by atoms with Gasteiger partial charge in [-0.3, -0.25) is 9.48 Å². The zero-order valence-electron chi connectivity index (χ0n) is 18.2. The van der Waals surface area contributed by atoms with E-state index in [1.54, 1.807) is 4.68 Å². The van der Waals surface area contributed by atoms with Gasteiger partial charge >= 0.3 is 6.18 Å². The third-order valence-electron chi connectivity index (χ3n) is 5.43. The summed E-state index contributed by atoms with van der Waals surface area (Å²) in [4.78, 5) is 12.0. The Morgan fingerprint density at radius 2 is 1.88 bits per heavy atom. The number of carbonyl (C=O) groups excluding carboxylic acids is 1. The molecule has 4 N–H and O–H groups in total. The van der Waals surface area contributed by atoms with Crippen molar-refractivity contribution in [3.05, 3.63) is 41.6 Å². The fourth-order valence-corrected chi connectivity index (χ4v) is 4.07. The summed E-state index contributed by atoms with van der Waals surface area (Å²) in [7, 11) is 0. The van der Waals surface area contributed by atoms with Gasteiger partial charge in [0.1, 0.15) is 5.56 Å². The molecule has 1 unspecified atom stereocenters. The number of hydrogen-bond acceptors (Lipinski definition) is 5. The van der Waals surface area contributed by atoms with E-state index in [0.717, 1.165) is 18.6 Å². The Bertz CT molecular complexity index is 1000. The van der Waals surface area contributed by atoms with Gasteiger partial charge in [-0.2, -0.15) is 23.5 Å². The van der Waals surface area contributed by atoms with E-state index in [0.29, 0.717) is 18.5 Å². The number of hydrogen-bond donors (Lipinski definition) is 3. The van der Waals surface area contributed by atoms with Crippen LogP contribution in [-0.2, 0) is 6.18 Å². The van der Waals surface area contributed by atoms with Crippen molar-refractivity contribution in [2.24, 2.45) is 11.7 Å². The van der Waals surface area contributed by atoms with E-state index in [-0.39, 0.29) is 34.9 Å². The number of carbonyl (C=O) groups is 1. The molecule has 172 valence electrons. The molecule has 3 rings (SSSR count). The molecule has 0 aliphatic heterocycles. The van der Waals surface area contributed by atoms with Gasteiger partial charge in [0.2, 0.25) is 0 Å². The number of nitrogens with one attached hydrogen (secondary N) is 2. The predicted molar refractivity (Wildman–Crippen MR) is 114 cm³/mol. The van der Waals surface area contributed by atoms with Crippen molar-refractivity contribution in [1.82, 2.24) is 15.1 Å². The molecule has 3 atom stereocenters. The van der Waals surface area contributed by atoms with Gasteiger partial charge in [-0.15, -0.1) is 0 Å². The summed E-state index contributed by atoms with van der Waals surface area (Å²) in [5, 5.41) is 20.6. The highest BCUT2D eigenvalue weighted by Crippen LogP contribution is 2.36. The molecule has 1 aromatic carbocycles. The molecule has 32 heavy (non-hydrogen) atoms. The van der Waals surface area contributed by atoms with E-state index in [1.165, 1.54) is 18.3 Å². The minimum absolute atomic E-state index is 0.0684. The molecule has 1 aromatic heterocycles. The van der Waals surface area contributed by atoms with Crippen LogP contribution in [0.4, 0.5) is 24.7 Å². The van der Waals surface area contributed by atoms with E-state index in [4.69, 9.17) is 5.73 Å². The summed E-state index contributed by atoms with van der Waals surface area (Å²) >= 11 is 0. The number of alkyl halides is 3. The SMILES string of the molecule is CC(C)(C)N[C@H]1CCC(n2cc(C(N)=O)c(Nc3ccc(C(F)(F)F)cc3)n2)[C@@H](C#N)C1. The molecule has 1 heterocycles. The van der Waals surface area contributed by atoms with Crippen LogP contribution in [0.2, 0.25) is 0 Å². The Morgan fingerprint density at radius 3 is 2.41 bits per heavy atom. The first kappa shape index (κ1) is 23.6. The lowest BCUT2D eigenvalue weighted by Crippen LogP contribution is -2.47. The number of primary amides is 1. The number of nitrogens with two attached hydrogens (primary N) is 1. The second-order valence-corrected chi connectivity index (χ2v) is 9.14. The lowest BCUT2D eigenvalue weighted by atomic mass is 9.81. The van der Waals surface area contributed by atoms with Gasteiger partial charge in [0.15, 0.2) is 5.82 Å². The molecule has 1 saturated carbocycles. The molecular formula is C22H27F3N6O. The van der Waals surface area contributed by atoms with Crippen LogP contribution < -0.4 is 16.4 Å². The maximum atomic E-state index is 12.8. The van der Waals surface area contributed by atoms with E-state index < -0.39 is 17.6 Å². The van der Waals surface area contributed by atoms with E-state index in [9.17, 15) is 23.2 Å². The largest absolute Gasteiger partial charge is 0.416 e. The molecule has 1 aliphatic rings. The number of amides is 1. The zero-order valence-corrected chi connectivity index (χ0v) is 18.2. The number of nitrogens with zero attached hydrogens (tertiary/aromatic N) is 3. The molecule has 1 aliphatic carbocycles. The number of anilines is 2. The fraction of sp³-hybridized carbons (Fsp3) is 0.500. The summed E-state index contributed by atoms with van der Waals surface area (Å²) in [6.07, 6.45) is -0.766. The van der Waals surface area contributed by atoms with E-state index in [2.05, 4.69) is 42.6 Å². The molecule has 0 spiro atoms. The fourth-order valence-electron chi connectivity index (χ4n) is 4.07. The van der Waals surface area contributed by atoms with Crippen molar-refractivity contribution in [1.29, 1.82) is 5.26 Å². The first-order valence-corrected chi connectivity index (χ1v) is 10.4. The maximum Gasteiger partial charge on any atom is 0.416 e. The van der Waals surface area contributed by atoms with Crippen molar-refractivity contribution >= 4 is 17.4 Å². The van der Waals surface area contributed by atoms with Gasteiger partial charge in [0.25, 0.3) is 5.91 Å². The smallest absolute Gasteiger partial charge is 0.365 e. The van der Waals surface area contributed by atoms with Crippen LogP contribution in [-0.4, -0.2) is 27.3 Å². The maximum absolute atomic E-state index is 12.8. The van der Waals surface area contributed by atoms with Crippen LogP contribution >= 0.6 is 0 Å². The molecule has 1 fully saturated rings. The number of benzene rings is 1. The highest BCUT2D eigenvalue weighted by Gasteiger charge is 2.35. The molecule has 0 saturated heterocycles. The van der Waals surface area contributed by atoms with Crippen molar-refractivity contribution in [2.75, 3.05) is 5.32 Å². The predicted octanol–water partition coefficient (Wildman–Crippen LogP) is 4.37. The van der Waals surface area contributed by atoms with Crippen LogP contribution in [0.1, 0.15) is 62.0 Å². The van der Waals surface area contributed by atoms with Crippen LogP contribution in [0.25, 0.3) is 0 Å². The average molecular weight is 448 g/mol. The molecule has 7 nitrogen and oxygen atoms in total. The quantitative estimate of drug-likeness (QED) is 0.630. The average Bonchev–Trinajstić information content (AvgIpc) is 3.10. The topological polar surface area (TPSA) is 109 Å².